The van der Waals surface area contributed by atoms with Crippen LogP contribution >= 0.6 is 0 Å². The minimum atomic E-state index is -1.12. The highest BCUT2D eigenvalue weighted by molar-refractivity contribution is 6.05. The van der Waals surface area contributed by atoms with Gasteiger partial charge in [0.1, 0.15) is 17.6 Å². The van der Waals surface area contributed by atoms with Crippen LogP contribution in [0, 0.1) is 11.8 Å². The second-order valence-electron chi connectivity index (χ2n) is 12.4. The topological polar surface area (TPSA) is 99.6 Å². The fraction of sp³-hybridized carbons (Fsp3) is 0.629. The van der Waals surface area contributed by atoms with Crippen molar-refractivity contribution in [1.82, 2.24) is 4.90 Å². The van der Waals surface area contributed by atoms with Crippen LogP contribution in [0.15, 0.2) is 49.6 Å². The van der Waals surface area contributed by atoms with Crippen molar-refractivity contribution in [3.8, 4) is 0 Å². The van der Waals surface area contributed by atoms with Crippen LogP contribution in [0.5, 0.6) is 0 Å². The molecule has 0 aromatic heterocycles. The van der Waals surface area contributed by atoms with Gasteiger partial charge in [0.15, 0.2) is 0 Å². The number of unbranched alkanes of at least 4 members (excludes halogenated alkanes) is 4. The Bertz CT molecular complexity index is 1180. The van der Waals surface area contributed by atoms with Gasteiger partial charge in [-0.2, -0.15) is 0 Å². The number of hydrogen-bond acceptors (Lipinski definition) is 7. The van der Waals surface area contributed by atoms with E-state index in [2.05, 4.69) is 31.9 Å². The maximum Gasteiger partial charge on any atom is 0.312 e. The van der Waals surface area contributed by atoms with E-state index in [4.69, 9.17) is 9.47 Å². The lowest BCUT2D eigenvalue weighted by Crippen LogP contribution is -2.56. The van der Waals surface area contributed by atoms with Gasteiger partial charge in [-0.3, -0.25) is 14.4 Å². The Morgan fingerprint density at radius 2 is 1.75 bits per heavy atom. The highest BCUT2D eigenvalue weighted by atomic mass is 16.6. The first-order chi connectivity index (χ1) is 21.2. The molecule has 2 unspecified atom stereocenters. The zero-order valence-corrected chi connectivity index (χ0v) is 26.8. The molecule has 2 bridgehead atoms. The monoisotopic (exact) mass is 609 g/mol. The van der Waals surface area contributed by atoms with Gasteiger partial charge in [-0.15, -0.1) is 13.2 Å². The molecule has 9 heteroatoms. The molecule has 3 saturated heterocycles. The molecular weight excluding hydrogens is 558 g/mol. The normalized spacial score (nSPS) is 26.9. The summed E-state index contributed by atoms with van der Waals surface area (Å²) in [5, 5.41) is 9.32. The van der Waals surface area contributed by atoms with Gasteiger partial charge in [0.05, 0.1) is 18.1 Å². The van der Waals surface area contributed by atoms with E-state index in [1.807, 2.05) is 37.3 Å². The molecule has 9 nitrogen and oxygen atoms in total. The minimum absolute atomic E-state index is 0.0711. The zero-order chi connectivity index (χ0) is 31.9. The van der Waals surface area contributed by atoms with Crippen molar-refractivity contribution in [1.29, 1.82) is 0 Å². The second-order valence-corrected chi connectivity index (χ2v) is 12.4. The number of likely N-dealkylation sites (tertiary alicyclic amines) is 1. The summed E-state index contributed by atoms with van der Waals surface area (Å²) in [5.74, 6) is -2.44. The minimum Gasteiger partial charge on any atom is -0.465 e. The Balaban J connectivity index is 1.67. The third-order valence-electron chi connectivity index (χ3n) is 9.74. The quantitative estimate of drug-likeness (QED) is 0.144. The number of anilines is 2. The number of carbonyl (C=O) groups excluding carboxylic acids is 3. The predicted molar refractivity (Wildman–Crippen MR) is 172 cm³/mol. The third-order valence-corrected chi connectivity index (χ3v) is 9.74. The smallest absolute Gasteiger partial charge is 0.312 e. The summed E-state index contributed by atoms with van der Waals surface area (Å²) < 4.78 is 12.5. The van der Waals surface area contributed by atoms with Gasteiger partial charge in [0.25, 0.3) is 5.91 Å². The fourth-order valence-corrected chi connectivity index (χ4v) is 7.56. The summed E-state index contributed by atoms with van der Waals surface area (Å²) in [6, 6.07) is 7.02. The van der Waals surface area contributed by atoms with Gasteiger partial charge in [0, 0.05) is 44.2 Å². The predicted octanol–water partition coefficient (Wildman–Crippen LogP) is 4.88. The number of amides is 2. The van der Waals surface area contributed by atoms with Crippen molar-refractivity contribution >= 4 is 29.2 Å². The van der Waals surface area contributed by atoms with Gasteiger partial charge >= 0.3 is 5.97 Å². The van der Waals surface area contributed by atoms with Gasteiger partial charge in [-0.1, -0.05) is 12.2 Å². The molecule has 3 heterocycles. The molecular formula is C35H51N3O6. The summed E-state index contributed by atoms with van der Waals surface area (Å²) in [6.07, 6.45) is 9.01. The maximum absolute atomic E-state index is 14.7. The highest BCUT2D eigenvalue weighted by Gasteiger charge is 2.78. The summed E-state index contributed by atoms with van der Waals surface area (Å²) in [4.78, 5) is 48.2. The van der Waals surface area contributed by atoms with E-state index in [1.54, 1.807) is 15.9 Å². The zero-order valence-electron chi connectivity index (χ0n) is 26.8. The summed E-state index contributed by atoms with van der Waals surface area (Å²) in [6.45, 7) is 16.5. The lowest BCUT2D eigenvalue weighted by Gasteiger charge is -2.37. The first-order valence-electron chi connectivity index (χ1n) is 16.4. The molecule has 1 aromatic carbocycles. The van der Waals surface area contributed by atoms with E-state index in [9.17, 15) is 19.5 Å². The van der Waals surface area contributed by atoms with Crippen LogP contribution < -0.4 is 9.80 Å². The van der Waals surface area contributed by atoms with Crippen molar-refractivity contribution in [2.45, 2.75) is 89.4 Å². The van der Waals surface area contributed by atoms with Gasteiger partial charge in [-0.25, -0.2) is 0 Å². The maximum atomic E-state index is 14.7. The summed E-state index contributed by atoms with van der Waals surface area (Å²) >= 11 is 0. The van der Waals surface area contributed by atoms with Crippen molar-refractivity contribution < 1.29 is 29.0 Å². The number of fused-ring (bicyclic) bond motifs is 1. The van der Waals surface area contributed by atoms with Crippen LogP contribution in [0.4, 0.5) is 11.4 Å². The van der Waals surface area contributed by atoms with E-state index < -0.39 is 35.0 Å². The molecule has 0 aliphatic carbocycles. The molecule has 3 fully saturated rings. The van der Waals surface area contributed by atoms with Crippen LogP contribution in [0.2, 0.25) is 0 Å². The van der Waals surface area contributed by atoms with E-state index in [0.717, 1.165) is 38.0 Å². The Hall–Kier alpha value is -3.17. The number of allylic oxidation sites excluding steroid dienone is 1. The molecule has 0 radical (unpaired) electrons. The number of hydrogen-bond donors (Lipinski definition) is 1. The summed E-state index contributed by atoms with van der Waals surface area (Å²) in [7, 11) is 0. The van der Waals surface area contributed by atoms with E-state index >= 15 is 0 Å². The molecule has 44 heavy (non-hydrogen) atoms. The average molecular weight is 610 g/mol. The fourth-order valence-electron chi connectivity index (χ4n) is 7.56. The van der Waals surface area contributed by atoms with Gasteiger partial charge < -0.3 is 29.3 Å². The number of nitrogens with zero attached hydrogens (tertiary/aromatic N) is 3. The highest BCUT2D eigenvalue weighted by Crippen LogP contribution is 2.63. The first kappa shape index (κ1) is 33.7. The standard InChI is InChI=1S/C35H51N3O6/c1-6-10-11-15-25-43-33(42)29-28-31(40)38(23-13-12-14-24-39)30(35(28)21-20-34(29,5)44-35)32(41)37(22-7-2)27-18-16-26(17-19-27)36(8-3)9-4/h6-7,16-19,28-30,39H,1-2,8-15,20-25H2,3-5H3/t28-,29+,30?,34-,35?/m0/s1. The number of aliphatic hydroxyl groups excluding tert-OH is 1. The molecule has 2 amide bonds. The third kappa shape index (κ3) is 6.31. The molecule has 3 aliphatic rings. The molecule has 242 valence electrons. The van der Waals surface area contributed by atoms with Gasteiger partial charge in [0.2, 0.25) is 5.91 Å². The average Bonchev–Trinajstić information content (AvgIpc) is 3.59. The van der Waals surface area contributed by atoms with Crippen molar-refractivity contribution in [2.24, 2.45) is 11.8 Å². The van der Waals surface area contributed by atoms with Crippen LogP contribution in [0.25, 0.3) is 0 Å². The summed E-state index contributed by atoms with van der Waals surface area (Å²) in [5.41, 5.74) is -0.212. The first-order valence-corrected chi connectivity index (χ1v) is 16.4. The largest absolute Gasteiger partial charge is 0.465 e. The van der Waals surface area contributed by atoms with Crippen LogP contribution in [0.1, 0.15) is 72.1 Å². The molecule has 1 N–H and O–H groups in total. The van der Waals surface area contributed by atoms with Gasteiger partial charge in [-0.05, 0) is 96.4 Å². The van der Waals surface area contributed by atoms with E-state index in [1.165, 1.54) is 0 Å². The Morgan fingerprint density at radius 1 is 1.05 bits per heavy atom. The number of benzene rings is 1. The Morgan fingerprint density at radius 3 is 2.39 bits per heavy atom. The number of esters is 1. The Labute approximate surface area is 262 Å². The molecule has 1 aromatic rings. The van der Waals surface area contributed by atoms with E-state index in [-0.39, 0.29) is 31.6 Å². The molecule has 0 saturated carbocycles. The second kappa shape index (κ2) is 14.7. The number of carbonyl (C=O) groups is 3. The van der Waals surface area contributed by atoms with Crippen LogP contribution in [-0.2, 0) is 23.9 Å². The lowest BCUT2D eigenvalue weighted by atomic mass is 9.66. The molecule has 3 aliphatic heterocycles. The lowest BCUT2D eigenvalue weighted by molar-refractivity contribution is -0.159. The number of aliphatic hydroxyl groups is 1. The van der Waals surface area contributed by atoms with Crippen LogP contribution in [0.3, 0.4) is 0 Å². The number of ether oxygens (including phenoxy) is 2. The molecule has 1 spiro atoms. The van der Waals surface area contributed by atoms with Crippen molar-refractivity contribution in [2.75, 3.05) is 49.2 Å². The van der Waals surface area contributed by atoms with Crippen LogP contribution in [-0.4, -0.2) is 84.4 Å². The SMILES string of the molecule is C=CCCCCOC(=O)[C@H]1[C@H]2C(=O)N(CCCCCO)C(C(=O)N(CC=C)c3ccc(N(CC)CC)cc3)C23CC[C@]1(C)O3. The van der Waals surface area contributed by atoms with Crippen molar-refractivity contribution in [3.63, 3.8) is 0 Å². The van der Waals surface area contributed by atoms with Crippen molar-refractivity contribution in [3.05, 3.63) is 49.6 Å². The van der Waals surface area contributed by atoms with E-state index in [0.29, 0.717) is 44.3 Å². The molecule has 4 rings (SSSR count). The number of rotatable bonds is 18. The Kier molecular flexibility index (Phi) is 11.3. The molecule has 5 atom stereocenters.